The van der Waals surface area contributed by atoms with Gasteiger partial charge in [-0.05, 0) is 17.5 Å². The van der Waals surface area contributed by atoms with Gasteiger partial charge in [-0.3, -0.25) is 4.79 Å². The van der Waals surface area contributed by atoms with Gasteiger partial charge in [-0.15, -0.1) is 12.4 Å². The van der Waals surface area contributed by atoms with Crippen molar-refractivity contribution < 1.29 is 9.90 Å². The van der Waals surface area contributed by atoms with E-state index in [4.69, 9.17) is 5.73 Å². The molecule has 1 aromatic rings. The summed E-state index contributed by atoms with van der Waals surface area (Å²) in [7, 11) is 0. The zero-order chi connectivity index (χ0) is 13.5. The van der Waals surface area contributed by atoms with E-state index in [1.54, 1.807) is 0 Å². The SMILES string of the molecule is CC(C)NCC(O)Cc1ccc(CC(N)=O)cc1.Cl. The second-order valence-electron chi connectivity index (χ2n) is 4.88. The first-order valence-electron chi connectivity index (χ1n) is 6.25. The Morgan fingerprint density at radius 1 is 1.26 bits per heavy atom. The van der Waals surface area contributed by atoms with Gasteiger partial charge in [-0.25, -0.2) is 0 Å². The number of halogens is 1. The highest BCUT2D eigenvalue weighted by molar-refractivity contribution is 5.85. The van der Waals surface area contributed by atoms with E-state index in [2.05, 4.69) is 5.32 Å². The van der Waals surface area contributed by atoms with Crippen molar-refractivity contribution in [3.63, 3.8) is 0 Å². The Bertz CT molecular complexity index is 380. The molecule has 1 aromatic carbocycles. The molecule has 0 spiro atoms. The Hall–Kier alpha value is -1.10. The lowest BCUT2D eigenvalue weighted by Gasteiger charge is -2.14. The summed E-state index contributed by atoms with van der Waals surface area (Å²) in [5, 5.41) is 13.0. The van der Waals surface area contributed by atoms with Gasteiger partial charge < -0.3 is 16.2 Å². The Morgan fingerprint density at radius 2 is 1.79 bits per heavy atom. The number of benzene rings is 1. The van der Waals surface area contributed by atoms with Gasteiger partial charge in [0, 0.05) is 12.6 Å². The Balaban J connectivity index is 0.00000324. The number of aliphatic hydroxyl groups excluding tert-OH is 1. The van der Waals surface area contributed by atoms with Crippen molar-refractivity contribution in [3.05, 3.63) is 35.4 Å². The number of nitrogens with one attached hydrogen (secondary N) is 1. The third-order valence-electron chi connectivity index (χ3n) is 2.63. The Morgan fingerprint density at radius 3 is 2.26 bits per heavy atom. The quantitative estimate of drug-likeness (QED) is 0.701. The second-order valence-corrected chi connectivity index (χ2v) is 4.88. The lowest BCUT2D eigenvalue weighted by Crippen LogP contribution is -2.33. The van der Waals surface area contributed by atoms with E-state index in [9.17, 15) is 9.90 Å². The number of amides is 1. The predicted octanol–water partition coefficient (Wildman–Crippen LogP) is 1.04. The van der Waals surface area contributed by atoms with Crippen molar-refractivity contribution in [1.82, 2.24) is 5.32 Å². The van der Waals surface area contributed by atoms with Crippen LogP contribution in [0.2, 0.25) is 0 Å². The predicted molar refractivity (Wildman–Crippen MR) is 79.4 cm³/mol. The molecule has 0 radical (unpaired) electrons. The van der Waals surface area contributed by atoms with Crippen LogP contribution in [0.5, 0.6) is 0 Å². The summed E-state index contributed by atoms with van der Waals surface area (Å²) in [5.41, 5.74) is 7.08. The van der Waals surface area contributed by atoms with Crippen LogP contribution in [0.4, 0.5) is 0 Å². The molecule has 1 atom stereocenters. The van der Waals surface area contributed by atoms with Gasteiger partial charge in [-0.1, -0.05) is 38.1 Å². The van der Waals surface area contributed by atoms with E-state index < -0.39 is 6.10 Å². The minimum Gasteiger partial charge on any atom is -0.391 e. The van der Waals surface area contributed by atoms with E-state index in [0.29, 0.717) is 19.0 Å². The topological polar surface area (TPSA) is 75.3 Å². The summed E-state index contributed by atoms with van der Waals surface area (Å²) in [5.74, 6) is -0.330. The fourth-order valence-corrected chi connectivity index (χ4v) is 1.71. The van der Waals surface area contributed by atoms with Gasteiger partial charge in [0.2, 0.25) is 5.91 Å². The molecule has 108 valence electrons. The standard InChI is InChI=1S/C14H22N2O2.ClH/c1-10(2)16-9-13(17)7-11-3-5-12(6-4-11)8-14(15)18;/h3-6,10,13,16-17H,7-9H2,1-2H3,(H2,15,18);1H. The molecule has 0 aliphatic carbocycles. The monoisotopic (exact) mass is 286 g/mol. The van der Waals surface area contributed by atoms with Crippen molar-refractivity contribution in [1.29, 1.82) is 0 Å². The Labute approximate surface area is 120 Å². The first kappa shape index (κ1) is 17.9. The van der Waals surface area contributed by atoms with E-state index >= 15 is 0 Å². The number of hydrogen-bond acceptors (Lipinski definition) is 3. The van der Waals surface area contributed by atoms with Crippen molar-refractivity contribution in [3.8, 4) is 0 Å². The largest absolute Gasteiger partial charge is 0.391 e. The summed E-state index contributed by atoms with van der Waals surface area (Å²) >= 11 is 0. The lowest BCUT2D eigenvalue weighted by molar-refractivity contribution is -0.117. The molecule has 5 heteroatoms. The van der Waals surface area contributed by atoms with Crippen LogP contribution < -0.4 is 11.1 Å². The summed E-state index contributed by atoms with van der Waals surface area (Å²) in [4.78, 5) is 10.8. The summed E-state index contributed by atoms with van der Waals surface area (Å²) in [6.07, 6.45) is 0.475. The maximum absolute atomic E-state index is 10.8. The van der Waals surface area contributed by atoms with E-state index in [1.807, 2.05) is 38.1 Å². The fourth-order valence-electron chi connectivity index (χ4n) is 1.71. The third kappa shape index (κ3) is 7.82. The van der Waals surface area contributed by atoms with Crippen molar-refractivity contribution in [2.45, 2.75) is 38.8 Å². The molecule has 0 aliphatic rings. The minimum absolute atomic E-state index is 0. The highest BCUT2D eigenvalue weighted by Crippen LogP contribution is 2.07. The van der Waals surface area contributed by atoms with Crippen LogP contribution in [-0.2, 0) is 17.6 Å². The van der Waals surface area contributed by atoms with Gasteiger partial charge >= 0.3 is 0 Å². The number of primary amides is 1. The number of carbonyl (C=O) groups is 1. The summed E-state index contributed by atoms with van der Waals surface area (Å²) in [6, 6.07) is 7.98. The lowest BCUT2D eigenvalue weighted by atomic mass is 10.0. The Kier molecular flexibility index (Phi) is 8.39. The van der Waals surface area contributed by atoms with Crippen LogP contribution >= 0.6 is 12.4 Å². The number of nitrogens with two attached hydrogens (primary N) is 1. The van der Waals surface area contributed by atoms with Crippen LogP contribution in [0.3, 0.4) is 0 Å². The van der Waals surface area contributed by atoms with Crippen LogP contribution in [0.15, 0.2) is 24.3 Å². The van der Waals surface area contributed by atoms with E-state index in [1.165, 1.54) is 0 Å². The molecule has 0 heterocycles. The molecule has 0 fully saturated rings. The molecule has 0 saturated carbocycles. The first-order valence-corrected chi connectivity index (χ1v) is 6.25. The average molecular weight is 287 g/mol. The highest BCUT2D eigenvalue weighted by Gasteiger charge is 2.06. The van der Waals surface area contributed by atoms with Crippen LogP contribution in [-0.4, -0.2) is 29.7 Å². The molecular weight excluding hydrogens is 264 g/mol. The number of hydrogen-bond donors (Lipinski definition) is 3. The van der Waals surface area contributed by atoms with Crippen molar-refractivity contribution in [2.75, 3.05) is 6.54 Å². The molecule has 0 saturated heterocycles. The first-order chi connectivity index (χ1) is 8.47. The summed E-state index contributed by atoms with van der Waals surface area (Å²) < 4.78 is 0. The van der Waals surface area contributed by atoms with Crippen LogP contribution in [0.1, 0.15) is 25.0 Å². The van der Waals surface area contributed by atoms with Gasteiger partial charge in [0.05, 0.1) is 12.5 Å². The molecule has 4 nitrogen and oxygen atoms in total. The number of rotatable bonds is 7. The summed E-state index contributed by atoms with van der Waals surface area (Å²) in [6.45, 7) is 4.68. The molecule has 1 rings (SSSR count). The smallest absolute Gasteiger partial charge is 0.221 e. The van der Waals surface area contributed by atoms with Crippen LogP contribution in [0.25, 0.3) is 0 Å². The van der Waals surface area contributed by atoms with Crippen molar-refractivity contribution in [2.24, 2.45) is 5.73 Å². The van der Waals surface area contributed by atoms with Gasteiger partial charge in [0.25, 0.3) is 0 Å². The normalized spacial score (nSPS) is 12.0. The second kappa shape index (κ2) is 8.91. The molecular formula is C14H23ClN2O2. The highest BCUT2D eigenvalue weighted by atomic mass is 35.5. The molecule has 1 unspecified atom stereocenters. The average Bonchev–Trinajstić information content (AvgIpc) is 2.28. The minimum atomic E-state index is -0.394. The zero-order valence-electron chi connectivity index (χ0n) is 11.4. The van der Waals surface area contributed by atoms with Gasteiger partial charge in [0.1, 0.15) is 0 Å². The van der Waals surface area contributed by atoms with Crippen LogP contribution in [0, 0.1) is 0 Å². The molecule has 0 bridgehead atoms. The van der Waals surface area contributed by atoms with E-state index in [0.717, 1.165) is 11.1 Å². The fraction of sp³-hybridized carbons (Fsp3) is 0.500. The van der Waals surface area contributed by atoms with Gasteiger partial charge in [0.15, 0.2) is 0 Å². The zero-order valence-corrected chi connectivity index (χ0v) is 12.2. The molecule has 4 N–H and O–H groups in total. The number of aliphatic hydroxyl groups is 1. The molecule has 0 aliphatic heterocycles. The third-order valence-corrected chi connectivity index (χ3v) is 2.63. The van der Waals surface area contributed by atoms with Crippen molar-refractivity contribution >= 4 is 18.3 Å². The maximum Gasteiger partial charge on any atom is 0.221 e. The van der Waals surface area contributed by atoms with E-state index in [-0.39, 0.29) is 24.7 Å². The molecule has 19 heavy (non-hydrogen) atoms. The maximum atomic E-state index is 10.8. The van der Waals surface area contributed by atoms with Gasteiger partial charge in [-0.2, -0.15) is 0 Å². The molecule has 1 amide bonds. The number of carbonyl (C=O) groups excluding carboxylic acids is 1. The molecule has 0 aromatic heterocycles.